The maximum Gasteiger partial charge on any atom is 0.303 e. The largest absolute Gasteiger partial charge is 0.303 e. The summed E-state index contributed by atoms with van der Waals surface area (Å²) in [7, 11) is 16.0. The summed E-state index contributed by atoms with van der Waals surface area (Å²) < 4.78 is 35.7. The standard InChI is InChI=1S/C19H54N10P4/c1-19(2,3)20-33(21-30(16,24(4)5)25(6)7,22-31(17,26(8)9)27(10)11)23-32(18,28(12)13)29(14)15/h1-18H3. The Balaban J connectivity index is 8.49. The summed E-state index contributed by atoms with van der Waals surface area (Å²) in [5, 5.41) is 0. The van der Waals surface area contributed by atoms with E-state index in [0.29, 0.717) is 0 Å². The second kappa shape index (κ2) is 11.8. The highest BCUT2D eigenvalue weighted by Crippen LogP contribution is 2.76. The quantitative estimate of drug-likeness (QED) is 0.327. The molecule has 0 unspecified atom stereocenters. The Morgan fingerprint density at radius 3 is 0.727 bits per heavy atom. The molecule has 0 bridgehead atoms. The predicted octanol–water partition coefficient (Wildman–Crippen LogP) is 6.08. The lowest BCUT2D eigenvalue weighted by Gasteiger charge is -2.40. The zero-order valence-electron chi connectivity index (χ0n) is 24.8. The first-order chi connectivity index (χ1) is 14.5. The molecule has 0 rings (SSSR count). The van der Waals surface area contributed by atoms with Crippen LogP contribution in [0.1, 0.15) is 20.8 Å². The SMILES string of the molecule is CN(C)P(C)(=NP(=NC(C)(C)C)(N=P(C)(N(C)C)N(C)C)N=P(C)(N(C)C)N(C)C)N(C)C. The number of nitrogens with zero attached hydrogens (tertiary/aromatic N) is 10. The fourth-order valence-corrected chi connectivity index (χ4v) is 16.9. The molecule has 0 heterocycles. The van der Waals surface area contributed by atoms with Gasteiger partial charge in [-0.15, -0.1) is 0 Å². The molecule has 0 aromatic carbocycles. The molecule has 200 valence electrons. The van der Waals surface area contributed by atoms with Gasteiger partial charge in [-0.05, 0) is 125 Å². The first-order valence-corrected chi connectivity index (χ1v) is 18.9. The van der Waals surface area contributed by atoms with Crippen molar-refractivity contribution in [1.82, 2.24) is 28.0 Å². The highest BCUT2D eigenvalue weighted by Gasteiger charge is 2.35. The van der Waals surface area contributed by atoms with Crippen LogP contribution in [0.2, 0.25) is 0 Å². The minimum absolute atomic E-state index is 0.347. The van der Waals surface area contributed by atoms with E-state index in [-0.39, 0.29) is 5.54 Å². The molecule has 14 heteroatoms. The van der Waals surface area contributed by atoms with Crippen LogP contribution in [0, 0.1) is 0 Å². The summed E-state index contributed by atoms with van der Waals surface area (Å²) in [5.41, 5.74) is -0.347. The van der Waals surface area contributed by atoms with Crippen LogP contribution in [0.3, 0.4) is 0 Å². The fourth-order valence-electron chi connectivity index (χ4n) is 2.75. The lowest BCUT2D eigenvalue weighted by molar-refractivity contribution is 0.563. The Kier molecular flexibility index (Phi) is 12.1. The number of hydrogen-bond acceptors (Lipinski definition) is 1. The van der Waals surface area contributed by atoms with Gasteiger partial charge in [0.2, 0.25) is 0 Å². The molecule has 0 aliphatic heterocycles. The molecule has 0 saturated carbocycles. The summed E-state index contributed by atoms with van der Waals surface area (Å²) in [6.07, 6.45) is 0. The van der Waals surface area contributed by atoms with Crippen LogP contribution in [0.25, 0.3) is 0 Å². The normalized spacial score (nSPS) is 14.8. The molecule has 0 aliphatic rings. The van der Waals surface area contributed by atoms with E-state index in [9.17, 15) is 0 Å². The lowest BCUT2D eigenvalue weighted by atomic mass is 10.1. The highest BCUT2D eigenvalue weighted by molar-refractivity contribution is 7.81. The van der Waals surface area contributed by atoms with Crippen LogP contribution in [0.4, 0.5) is 0 Å². The van der Waals surface area contributed by atoms with Crippen molar-refractivity contribution in [2.75, 3.05) is 105 Å². The molecule has 0 aromatic heterocycles. The van der Waals surface area contributed by atoms with E-state index in [1.54, 1.807) is 0 Å². The van der Waals surface area contributed by atoms with Crippen molar-refractivity contribution in [2.45, 2.75) is 26.3 Å². The van der Waals surface area contributed by atoms with Crippen molar-refractivity contribution in [3.8, 4) is 0 Å². The van der Waals surface area contributed by atoms with Crippen molar-refractivity contribution < 1.29 is 0 Å². The Labute approximate surface area is 206 Å². The van der Waals surface area contributed by atoms with Gasteiger partial charge >= 0.3 is 7.51 Å². The molecule has 33 heavy (non-hydrogen) atoms. The van der Waals surface area contributed by atoms with Crippen molar-refractivity contribution in [3.63, 3.8) is 0 Å². The van der Waals surface area contributed by atoms with Crippen molar-refractivity contribution in [3.05, 3.63) is 0 Å². The summed E-state index contributed by atoms with van der Waals surface area (Å²) in [5.74, 6) is 0. The van der Waals surface area contributed by atoms with E-state index in [1.165, 1.54) is 0 Å². The molecule has 10 nitrogen and oxygen atoms in total. The lowest BCUT2D eigenvalue weighted by Crippen LogP contribution is -2.22. The maximum absolute atomic E-state index is 5.65. The van der Waals surface area contributed by atoms with Crippen LogP contribution < -0.4 is 0 Å². The van der Waals surface area contributed by atoms with Gasteiger partial charge in [0.15, 0.2) is 0 Å². The minimum atomic E-state index is -2.91. The van der Waals surface area contributed by atoms with Gasteiger partial charge in [-0.2, -0.15) is 13.5 Å². The molecule has 0 saturated heterocycles. The van der Waals surface area contributed by atoms with Gasteiger partial charge < -0.3 is 0 Å². The molecular formula is C19H54N10P4. The molecule has 0 atom stereocenters. The highest BCUT2D eigenvalue weighted by atomic mass is 31.2. The third-order valence-electron chi connectivity index (χ3n) is 5.85. The van der Waals surface area contributed by atoms with E-state index < -0.39 is 29.6 Å². The smallest absolute Gasteiger partial charge is 0.264 e. The molecule has 0 N–H and O–H groups in total. The van der Waals surface area contributed by atoms with Gasteiger partial charge in [0.05, 0.1) is 5.54 Å². The number of rotatable bonds is 9. The van der Waals surface area contributed by atoms with Crippen LogP contribution in [0.5, 0.6) is 0 Å². The van der Waals surface area contributed by atoms with E-state index in [1.807, 2.05) is 0 Å². The summed E-state index contributed by atoms with van der Waals surface area (Å²) >= 11 is 0. The number of hydrogen-bond donors (Lipinski definition) is 0. The first-order valence-electron chi connectivity index (χ1n) is 11.0. The van der Waals surface area contributed by atoms with Gasteiger partial charge in [-0.3, -0.25) is 28.0 Å². The van der Waals surface area contributed by atoms with Crippen LogP contribution >= 0.6 is 29.6 Å². The third kappa shape index (κ3) is 8.35. The zero-order valence-corrected chi connectivity index (χ0v) is 28.3. The summed E-state index contributed by atoms with van der Waals surface area (Å²) in [4.78, 5) is 0. The fraction of sp³-hybridized carbons (Fsp3) is 1.00. The van der Waals surface area contributed by atoms with Crippen LogP contribution in [-0.2, 0) is 0 Å². The zero-order chi connectivity index (χ0) is 26.8. The van der Waals surface area contributed by atoms with E-state index in [0.717, 1.165) is 0 Å². The van der Waals surface area contributed by atoms with E-state index in [2.05, 4.69) is 153 Å². The summed E-state index contributed by atoms with van der Waals surface area (Å²) in [6, 6.07) is 0. The molecule has 0 aliphatic carbocycles. The minimum Gasteiger partial charge on any atom is -0.264 e. The van der Waals surface area contributed by atoms with Crippen molar-refractivity contribution >= 4 is 29.6 Å². The van der Waals surface area contributed by atoms with Gasteiger partial charge in [0.1, 0.15) is 22.1 Å². The Morgan fingerprint density at radius 2 is 0.606 bits per heavy atom. The maximum atomic E-state index is 5.65. The second-order valence-corrected chi connectivity index (χ2v) is 24.2. The Bertz CT molecular complexity index is 744. The predicted molar refractivity (Wildman–Crippen MR) is 157 cm³/mol. The monoisotopic (exact) mass is 546 g/mol. The Hall–Kier alpha value is 0.680. The summed E-state index contributed by atoms with van der Waals surface area (Å²) in [6.45, 7) is 13.1. The van der Waals surface area contributed by atoms with Crippen LogP contribution in [0.15, 0.2) is 18.3 Å². The van der Waals surface area contributed by atoms with Gasteiger partial charge in [-0.1, -0.05) is 0 Å². The molecule has 0 amide bonds. The first kappa shape index (κ1) is 33.7. The topological polar surface area (TPSA) is 68.9 Å². The molecule has 0 aromatic rings. The van der Waals surface area contributed by atoms with Crippen molar-refractivity contribution in [2.24, 2.45) is 18.3 Å². The second-order valence-electron chi connectivity index (χ2n) is 10.8. The van der Waals surface area contributed by atoms with Gasteiger partial charge in [-0.25, -0.2) is 4.74 Å². The van der Waals surface area contributed by atoms with Crippen molar-refractivity contribution in [1.29, 1.82) is 0 Å². The average molecular weight is 547 g/mol. The van der Waals surface area contributed by atoms with Gasteiger partial charge in [0.25, 0.3) is 0 Å². The third-order valence-corrected chi connectivity index (χ3v) is 22.8. The van der Waals surface area contributed by atoms with E-state index in [4.69, 9.17) is 18.3 Å². The molecule has 0 spiro atoms. The van der Waals surface area contributed by atoms with Crippen LogP contribution in [-0.4, -0.2) is 138 Å². The Morgan fingerprint density at radius 1 is 0.424 bits per heavy atom. The van der Waals surface area contributed by atoms with Gasteiger partial charge in [0, 0.05) is 0 Å². The molecule has 0 radical (unpaired) electrons. The molecular weight excluding hydrogens is 492 g/mol. The average Bonchev–Trinajstić information content (AvgIpc) is 2.58. The molecule has 0 fully saturated rings. The van der Waals surface area contributed by atoms with E-state index >= 15 is 0 Å².